The molecule has 2 amide bonds. The Morgan fingerprint density at radius 1 is 1.19 bits per heavy atom. The molecule has 0 aliphatic carbocycles. The summed E-state index contributed by atoms with van der Waals surface area (Å²) in [6.07, 6.45) is 0.738. The first-order valence-corrected chi connectivity index (χ1v) is 7.16. The summed E-state index contributed by atoms with van der Waals surface area (Å²) in [6, 6.07) is 9.02. The van der Waals surface area contributed by atoms with Gasteiger partial charge in [0, 0.05) is 18.5 Å². The van der Waals surface area contributed by atoms with Crippen molar-refractivity contribution in [1.29, 1.82) is 0 Å². The first-order valence-electron chi connectivity index (χ1n) is 7.16. The summed E-state index contributed by atoms with van der Waals surface area (Å²) in [7, 11) is 0. The molecule has 0 saturated heterocycles. The van der Waals surface area contributed by atoms with Crippen molar-refractivity contribution >= 4 is 11.8 Å². The topological polar surface area (TPSA) is 84.2 Å². The van der Waals surface area contributed by atoms with Crippen molar-refractivity contribution in [2.75, 3.05) is 6.54 Å². The summed E-state index contributed by atoms with van der Waals surface area (Å²) in [4.78, 5) is 23.5. The highest BCUT2D eigenvalue weighted by Crippen LogP contribution is 2.02. The van der Waals surface area contributed by atoms with E-state index in [9.17, 15) is 9.59 Å². The highest BCUT2D eigenvalue weighted by molar-refractivity contribution is 5.83. The van der Waals surface area contributed by atoms with E-state index in [1.807, 2.05) is 51.1 Å². The van der Waals surface area contributed by atoms with Gasteiger partial charge in [0.1, 0.15) is 0 Å². The van der Waals surface area contributed by atoms with E-state index < -0.39 is 6.04 Å². The molecule has 5 nitrogen and oxygen atoms in total. The van der Waals surface area contributed by atoms with Crippen LogP contribution in [0.25, 0.3) is 0 Å². The summed E-state index contributed by atoms with van der Waals surface area (Å²) >= 11 is 0. The lowest BCUT2D eigenvalue weighted by Crippen LogP contribution is -2.45. The van der Waals surface area contributed by atoms with Crippen molar-refractivity contribution in [3.05, 3.63) is 35.9 Å². The minimum atomic E-state index is -0.599. The van der Waals surface area contributed by atoms with Gasteiger partial charge in [-0.05, 0) is 32.8 Å². The third kappa shape index (κ3) is 7.46. The molecule has 1 rings (SSSR count). The van der Waals surface area contributed by atoms with Crippen molar-refractivity contribution in [3.8, 4) is 0 Å². The lowest BCUT2D eigenvalue weighted by atomic mass is 10.1. The monoisotopic (exact) mass is 291 g/mol. The van der Waals surface area contributed by atoms with Gasteiger partial charge in [0.15, 0.2) is 0 Å². The Hall–Kier alpha value is -1.88. The minimum absolute atomic E-state index is 0.0839. The van der Waals surface area contributed by atoms with Crippen LogP contribution in [0.4, 0.5) is 0 Å². The van der Waals surface area contributed by atoms with Crippen LogP contribution in [-0.2, 0) is 16.0 Å². The first-order chi connectivity index (χ1) is 9.78. The molecule has 0 bridgehead atoms. The number of hydrogen-bond donors (Lipinski definition) is 3. The summed E-state index contributed by atoms with van der Waals surface area (Å²) < 4.78 is 0. The van der Waals surface area contributed by atoms with Crippen molar-refractivity contribution in [1.82, 2.24) is 10.6 Å². The molecule has 0 unspecified atom stereocenters. The molecule has 0 spiro atoms. The molecule has 116 valence electrons. The van der Waals surface area contributed by atoms with E-state index in [1.54, 1.807) is 0 Å². The van der Waals surface area contributed by atoms with Crippen molar-refractivity contribution < 1.29 is 9.59 Å². The smallest absolute Gasteiger partial charge is 0.237 e. The van der Waals surface area contributed by atoms with Gasteiger partial charge in [-0.15, -0.1) is 0 Å². The Labute approximate surface area is 126 Å². The van der Waals surface area contributed by atoms with Gasteiger partial charge in [0.05, 0.1) is 6.04 Å². The van der Waals surface area contributed by atoms with E-state index in [1.165, 1.54) is 0 Å². The highest BCUT2D eigenvalue weighted by Gasteiger charge is 2.16. The lowest BCUT2D eigenvalue weighted by molar-refractivity contribution is -0.123. The Morgan fingerprint density at radius 3 is 2.38 bits per heavy atom. The predicted molar refractivity (Wildman–Crippen MR) is 83.6 cm³/mol. The molecule has 21 heavy (non-hydrogen) atoms. The second-order valence-corrected chi connectivity index (χ2v) is 6.14. The normalized spacial score (nSPS) is 12.6. The third-order valence-electron chi connectivity index (χ3n) is 2.80. The SMILES string of the molecule is CC(C)(C)NC(=O)CCNC(=O)[C@H](N)Cc1ccccc1. The average molecular weight is 291 g/mol. The van der Waals surface area contributed by atoms with Gasteiger partial charge in [-0.2, -0.15) is 0 Å². The molecule has 0 fully saturated rings. The lowest BCUT2D eigenvalue weighted by Gasteiger charge is -2.20. The third-order valence-corrected chi connectivity index (χ3v) is 2.80. The molecule has 4 N–H and O–H groups in total. The number of rotatable bonds is 6. The van der Waals surface area contributed by atoms with Crippen molar-refractivity contribution in [2.24, 2.45) is 5.73 Å². The molecule has 1 atom stereocenters. The second-order valence-electron chi connectivity index (χ2n) is 6.14. The van der Waals surface area contributed by atoms with Crippen LogP contribution in [0.1, 0.15) is 32.8 Å². The molecule has 1 aromatic carbocycles. The number of carbonyl (C=O) groups excluding carboxylic acids is 2. The predicted octanol–water partition coefficient (Wildman–Crippen LogP) is 0.977. The zero-order chi connectivity index (χ0) is 15.9. The Morgan fingerprint density at radius 2 is 1.81 bits per heavy atom. The van der Waals surface area contributed by atoms with Crippen LogP contribution in [0.2, 0.25) is 0 Å². The zero-order valence-electron chi connectivity index (χ0n) is 13.0. The zero-order valence-corrected chi connectivity index (χ0v) is 13.0. The van der Waals surface area contributed by atoms with Crippen LogP contribution in [0.3, 0.4) is 0 Å². The number of benzene rings is 1. The maximum atomic E-state index is 11.8. The number of nitrogens with one attached hydrogen (secondary N) is 2. The Kier molecular flexibility index (Phi) is 6.37. The summed E-state index contributed by atoms with van der Waals surface area (Å²) in [5, 5.41) is 5.54. The van der Waals surface area contributed by atoms with Crippen LogP contribution in [0.5, 0.6) is 0 Å². The highest BCUT2D eigenvalue weighted by atomic mass is 16.2. The standard InChI is InChI=1S/C16H25N3O2/c1-16(2,3)19-14(20)9-10-18-15(21)13(17)11-12-7-5-4-6-8-12/h4-8,13H,9-11,17H2,1-3H3,(H,18,21)(H,19,20)/t13-/m1/s1. The van der Waals surface area contributed by atoms with Gasteiger partial charge < -0.3 is 16.4 Å². The Bertz CT molecular complexity index is 466. The van der Waals surface area contributed by atoms with Gasteiger partial charge in [-0.25, -0.2) is 0 Å². The maximum absolute atomic E-state index is 11.8. The van der Waals surface area contributed by atoms with E-state index in [-0.39, 0.29) is 23.8 Å². The van der Waals surface area contributed by atoms with E-state index in [0.717, 1.165) is 5.56 Å². The van der Waals surface area contributed by atoms with Crippen molar-refractivity contribution in [2.45, 2.75) is 45.2 Å². The average Bonchev–Trinajstić information content (AvgIpc) is 2.37. The molecule has 0 heterocycles. The van der Waals surface area contributed by atoms with Crippen LogP contribution in [0.15, 0.2) is 30.3 Å². The molecular formula is C16H25N3O2. The van der Waals surface area contributed by atoms with Crippen LogP contribution >= 0.6 is 0 Å². The fourth-order valence-corrected chi connectivity index (χ4v) is 1.87. The second kappa shape index (κ2) is 7.78. The van der Waals surface area contributed by atoms with E-state index >= 15 is 0 Å². The summed E-state index contributed by atoms with van der Waals surface area (Å²) in [5.74, 6) is -0.318. The van der Waals surface area contributed by atoms with Crippen LogP contribution < -0.4 is 16.4 Å². The maximum Gasteiger partial charge on any atom is 0.237 e. The molecular weight excluding hydrogens is 266 g/mol. The molecule has 5 heteroatoms. The molecule has 0 aliphatic heterocycles. The van der Waals surface area contributed by atoms with Crippen LogP contribution in [-0.4, -0.2) is 29.9 Å². The fourth-order valence-electron chi connectivity index (χ4n) is 1.87. The first kappa shape index (κ1) is 17.2. The van der Waals surface area contributed by atoms with Crippen LogP contribution in [0, 0.1) is 0 Å². The number of nitrogens with two attached hydrogens (primary N) is 1. The molecule has 0 saturated carbocycles. The van der Waals surface area contributed by atoms with Crippen molar-refractivity contribution in [3.63, 3.8) is 0 Å². The molecule has 1 aromatic rings. The van der Waals surface area contributed by atoms with Gasteiger partial charge in [-0.1, -0.05) is 30.3 Å². The summed E-state index contributed by atoms with van der Waals surface area (Å²) in [5.41, 5.74) is 6.62. The number of amides is 2. The van der Waals surface area contributed by atoms with Gasteiger partial charge in [-0.3, -0.25) is 9.59 Å². The molecule has 0 radical (unpaired) electrons. The van der Waals surface area contributed by atoms with E-state index in [4.69, 9.17) is 5.73 Å². The van der Waals surface area contributed by atoms with E-state index in [2.05, 4.69) is 10.6 Å². The van der Waals surface area contributed by atoms with E-state index in [0.29, 0.717) is 13.0 Å². The quantitative estimate of drug-likeness (QED) is 0.730. The van der Waals surface area contributed by atoms with Gasteiger partial charge in [0.2, 0.25) is 11.8 Å². The fraction of sp³-hybridized carbons (Fsp3) is 0.500. The Balaban J connectivity index is 2.29. The minimum Gasteiger partial charge on any atom is -0.354 e. The number of hydrogen-bond acceptors (Lipinski definition) is 3. The number of carbonyl (C=O) groups is 2. The summed E-state index contributed by atoms with van der Waals surface area (Å²) in [6.45, 7) is 6.04. The molecule has 0 aliphatic rings. The van der Waals surface area contributed by atoms with Gasteiger partial charge >= 0.3 is 0 Å². The largest absolute Gasteiger partial charge is 0.354 e. The van der Waals surface area contributed by atoms with Gasteiger partial charge in [0.25, 0.3) is 0 Å². The molecule has 0 aromatic heterocycles.